The van der Waals surface area contributed by atoms with E-state index in [2.05, 4.69) is 39.1 Å². The van der Waals surface area contributed by atoms with Crippen molar-refractivity contribution in [3.63, 3.8) is 0 Å². The van der Waals surface area contributed by atoms with Crippen LogP contribution in [-0.2, 0) is 9.53 Å². The van der Waals surface area contributed by atoms with Gasteiger partial charge in [-0.3, -0.25) is 4.79 Å². The Kier molecular flexibility index (Phi) is 5.08. The summed E-state index contributed by atoms with van der Waals surface area (Å²) < 4.78 is 5.40. The standard InChI is InChI=1S/C19H23N3O2S/c23-18-17(25-19(20-18)22-8-2-1-3-9-22)14-15-4-6-16(7-5-15)21-10-12-24-13-11-21/h4-7,14H,1-3,8-13H2/b17-14-. The van der Waals surface area contributed by atoms with Crippen molar-refractivity contribution in [2.75, 3.05) is 44.3 Å². The number of anilines is 1. The highest BCUT2D eigenvalue weighted by atomic mass is 32.2. The van der Waals surface area contributed by atoms with Crippen molar-refractivity contribution in [3.8, 4) is 0 Å². The molecule has 0 radical (unpaired) electrons. The number of nitrogens with zero attached hydrogens (tertiary/aromatic N) is 3. The molecule has 0 atom stereocenters. The van der Waals surface area contributed by atoms with Gasteiger partial charge in [0.1, 0.15) is 0 Å². The number of piperidine rings is 1. The molecule has 3 aliphatic rings. The molecule has 2 fully saturated rings. The summed E-state index contributed by atoms with van der Waals surface area (Å²) in [4.78, 5) is 21.8. The molecule has 2 saturated heterocycles. The molecule has 5 nitrogen and oxygen atoms in total. The van der Waals surface area contributed by atoms with Gasteiger partial charge in [0.05, 0.1) is 18.1 Å². The van der Waals surface area contributed by atoms with Crippen LogP contribution in [0.4, 0.5) is 5.69 Å². The summed E-state index contributed by atoms with van der Waals surface area (Å²) in [6.45, 7) is 5.46. The molecule has 132 valence electrons. The Morgan fingerprint density at radius 3 is 2.40 bits per heavy atom. The lowest BCUT2D eigenvalue weighted by Crippen LogP contribution is -2.36. The third kappa shape index (κ3) is 3.90. The number of hydrogen-bond donors (Lipinski definition) is 0. The fraction of sp³-hybridized carbons (Fsp3) is 0.474. The second kappa shape index (κ2) is 7.62. The molecule has 6 heteroatoms. The van der Waals surface area contributed by atoms with Crippen molar-refractivity contribution in [1.29, 1.82) is 0 Å². The lowest BCUT2D eigenvalue weighted by Gasteiger charge is -2.28. The quantitative estimate of drug-likeness (QED) is 0.762. The number of carbonyl (C=O) groups excluding carboxylic acids is 1. The third-order valence-electron chi connectivity index (χ3n) is 4.80. The van der Waals surface area contributed by atoms with Gasteiger partial charge in [0.2, 0.25) is 0 Å². The first kappa shape index (κ1) is 16.7. The first-order valence-corrected chi connectivity index (χ1v) is 9.81. The maximum Gasteiger partial charge on any atom is 0.286 e. The highest BCUT2D eigenvalue weighted by molar-refractivity contribution is 8.18. The summed E-state index contributed by atoms with van der Waals surface area (Å²) in [7, 11) is 0. The largest absolute Gasteiger partial charge is 0.378 e. The van der Waals surface area contributed by atoms with Gasteiger partial charge in [-0.25, -0.2) is 0 Å². The van der Waals surface area contributed by atoms with Crippen molar-refractivity contribution in [1.82, 2.24) is 4.90 Å². The zero-order chi connectivity index (χ0) is 17.1. The second-order valence-electron chi connectivity index (χ2n) is 6.55. The van der Waals surface area contributed by atoms with E-state index < -0.39 is 0 Å². The maximum absolute atomic E-state index is 12.2. The molecule has 4 rings (SSSR count). The van der Waals surface area contributed by atoms with E-state index >= 15 is 0 Å². The van der Waals surface area contributed by atoms with Gasteiger partial charge < -0.3 is 14.5 Å². The van der Waals surface area contributed by atoms with Crippen LogP contribution in [0, 0.1) is 0 Å². The average Bonchev–Trinajstić information content (AvgIpc) is 3.04. The number of morpholine rings is 1. The van der Waals surface area contributed by atoms with Gasteiger partial charge in [0, 0.05) is 31.9 Å². The second-order valence-corrected chi connectivity index (χ2v) is 7.56. The minimum Gasteiger partial charge on any atom is -0.378 e. The Morgan fingerprint density at radius 1 is 0.960 bits per heavy atom. The first-order valence-electron chi connectivity index (χ1n) is 9.00. The van der Waals surface area contributed by atoms with Crippen molar-refractivity contribution in [2.45, 2.75) is 19.3 Å². The maximum atomic E-state index is 12.2. The Hall–Kier alpha value is -1.79. The minimum atomic E-state index is -0.108. The number of rotatable bonds is 2. The lowest BCUT2D eigenvalue weighted by molar-refractivity contribution is -0.113. The Balaban J connectivity index is 1.43. The number of benzene rings is 1. The summed E-state index contributed by atoms with van der Waals surface area (Å²) in [5.74, 6) is -0.108. The van der Waals surface area contributed by atoms with Crippen molar-refractivity contribution in [3.05, 3.63) is 34.7 Å². The SMILES string of the molecule is O=C1N=C(N2CCCCC2)S/C1=C\c1ccc(N2CCOCC2)cc1. The number of amides is 1. The summed E-state index contributed by atoms with van der Waals surface area (Å²) >= 11 is 1.51. The average molecular weight is 357 g/mol. The molecule has 0 N–H and O–H groups in total. The van der Waals surface area contributed by atoms with Gasteiger partial charge >= 0.3 is 0 Å². The monoisotopic (exact) mass is 357 g/mol. The molecular weight excluding hydrogens is 334 g/mol. The molecule has 1 aromatic carbocycles. The van der Waals surface area contributed by atoms with E-state index in [1.54, 1.807) is 0 Å². The summed E-state index contributed by atoms with van der Waals surface area (Å²) in [5, 5.41) is 0.876. The topological polar surface area (TPSA) is 45.1 Å². The van der Waals surface area contributed by atoms with Gasteiger partial charge in [-0.15, -0.1) is 0 Å². The van der Waals surface area contributed by atoms with Gasteiger partial charge in [0.25, 0.3) is 5.91 Å². The molecule has 3 aliphatic heterocycles. The van der Waals surface area contributed by atoms with E-state index in [9.17, 15) is 4.79 Å². The number of thioether (sulfide) groups is 1. The molecule has 0 aromatic heterocycles. The number of carbonyl (C=O) groups is 1. The van der Waals surface area contributed by atoms with Crippen LogP contribution in [0.3, 0.4) is 0 Å². The summed E-state index contributed by atoms with van der Waals surface area (Å²) in [6.07, 6.45) is 5.61. The Labute approximate surface area is 152 Å². The molecule has 0 bridgehead atoms. The molecule has 0 spiro atoms. The summed E-state index contributed by atoms with van der Waals surface area (Å²) in [5.41, 5.74) is 2.25. The van der Waals surface area contributed by atoms with E-state index in [0.29, 0.717) is 0 Å². The number of ether oxygens (including phenoxy) is 1. The highest BCUT2D eigenvalue weighted by Crippen LogP contribution is 2.31. The van der Waals surface area contributed by atoms with E-state index in [1.807, 2.05) is 6.08 Å². The lowest BCUT2D eigenvalue weighted by atomic mass is 10.1. The van der Waals surface area contributed by atoms with Crippen LogP contribution in [0.15, 0.2) is 34.2 Å². The van der Waals surface area contributed by atoms with E-state index in [0.717, 1.165) is 55.0 Å². The molecule has 1 aromatic rings. The van der Waals surface area contributed by atoms with Crippen LogP contribution < -0.4 is 4.90 Å². The molecular formula is C19H23N3O2S. The number of aliphatic imine (C=N–C) groups is 1. The third-order valence-corrected chi connectivity index (χ3v) is 5.85. The van der Waals surface area contributed by atoms with E-state index in [1.165, 1.54) is 36.7 Å². The van der Waals surface area contributed by atoms with E-state index in [-0.39, 0.29) is 5.91 Å². The molecule has 0 aliphatic carbocycles. The normalized spacial score (nSPS) is 23.3. The van der Waals surface area contributed by atoms with Crippen molar-refractivity contribution >= 4 is 34.6 Å². The zero-order valence-corrected chi connectivity index (χ0v) is 15.1. The molecule has 0 saturated carbocycles. The predicted octanol–water partition coefficient (Wildman–Crippen LogP) is 2.98. The van der Waals surface area contributed by atoms with Crippen molar-refractivity contribution < 1.29 is 9.53 Å². The van der Waals surface area contributed by atoms with Gasteiger partial charge in [-0.05, 0) is 54.8 Å². The van der Waals surface area contributed by atoms with Crippen LogP contribution >= 0.6 is 11.8 Å². The number of likely N-dealkylation sites (tertiary alicyclic amines) is 1. The highest BCUT2D eigenvalue weighted by Gasteiger charge is 2.26. The first-order chi connectivity index (χ1) is 12.3. The van der Waals surface area contributed by atoms with Crippen LogP contribution in [0.1, 0.15) is 24.8 Å². The van der Waals surface area contributed by atoms with E-state index in [4.69, 9.17) is 4.74 Å². The summed E-state index contributed by atoms with van der Waals surface area (Å²) in [6, 6.07) is 8.39. The van der Waals surface area contributed by atoms with Crippen LogP contribution in [-0.4, -0.2) is 55.4 Å². The number of amidine groups is 1. The Bertz CT molecular complexity index is 687. The van der Waals surface area contributed by atoms with Gasteiger partial charge in [-0.1, -0.05) is 12.1 Å². The fourth-order valence-corrected chi connectivity index (χ4v) is 4.34. The predicted molar refractivity (Wildman–Crippen MR) is 103 cm³/mol. The molecule has 0 unspecified atom stereocenters. The Morgan fingerprint density at radius 2 is 1.68 bits per heavy atom. The van der Waals surface area contributed by atoms with Crippen LogP contribution in [0.25, 0.3) is 6.08 Å². The minimum absolute atomic E-state index is 0.108. The molecule has 1 amide bonds. The van der Waals surface area contributed by atoms with Gasteiger partial charge in [-0.2, -0.15) is 4.99 Å². The molecule has 3 heterocycles. The smallest absolute Gasteiger partial charge is 0.286 e. The molecule has 25 heavy (non-hydrogen) atoms. The number of hydrogen-bond acceptors (Lipinski definition) is 5. The zero-order valence-electron chi connectivity index (χ0n) is 14.3. The van der Waals surface area contributed by atoms with Crippen LogP contribution in [0.5, 0.6) is 0 Å². The fourth-order valence-electron chi connectivity index (χ4n) is 3.37. The van der Waals surface area contributed by atoms with Gasteiger partial charge in [0.15, 0.2) is 5.17 Å². The van der Waals surface area contributed by atoms with Crippen LogP contribution in [0.2, 0.25) is 0 Å². The van der Waals surface area contributed by atoms with Crippen molar-refractivity contribution in [2.24, 2.45) is 4.99 Å².